The monoisotopic (exact) mass is 393 g/mol. The van der Waals surface area contributed by atoms with Crippen LogP contribution in [0.4, 0.5) is 5.13 Å². The number of hydrazone groups is 1. The molecule has 3 nitrogen and oxygen atoms in total. The minimum Gasteiger partial charge on any atom is -0.252 e. The van der Waals surface area contributed by atoms with Gasteiger partial charge in [0.2, 0.25) is 5.13 Å². The lowest BCUT2D eigenvalue weighted by Crippen LogP contribution is -2.11. The van der Waals surface area contributed by atoms with Crippen molar-refractivity contribution in [3.05, 3.63) is 76.1 Å². The number of nitrogens with one attached hydrogen (secondary N) is 1. The molecule has 5 heteroatoms. The molecular weight excluding hydrogens is 374 g/mol. The molecule has 1 saturated carbocycles. The van der Waals surface area contributed by atoms with Gasteiger partial charge in [-0.3, -0.25) is 5.43 Å². The van der Waals surface area contributed by atoms with Crippen molar-refractivity contribution in [2.24, 2.45) is 5.10 Å². The zero-order valence-electron chi connectivity index (χ0n) is 14.9. The largest absolute Gasteiger partial charge is 0.252 e. The van der Waals surface area contributed by atoms with Gasteiger partial charge in [0.05, 0.1) is 11.4 Å². The van der Waals surface area contributed by atoms with Gasteiger partial charge >= 0.3 is 0 Å². The van der Waals surface area contributed by atoms with Crippen LogP contribution < -0.4 is 5.43 Å². The quantitative estimate of drug-likeness (QED) is 0.490. The van der Waals surface area contributed by atoms with E-state index >= 15 is 0 Å². The van der Waals surface area contributed by atoms with E-state index in [1.165, 1.54) is 24.0 Å². The number of halogens is 1. The van der Waals surface area contributed by atoms with Crippen molar-refractivity contribution < 1.29 is 0 Å². The summed E-state index contributed by atoms with van der Waals surface area (Å²) in [6.07, 6.45) is 6.72. The summed E-state index contributed by atoms with van der Waals surface area (Å²) in [5.74, 6) is 0. The zero-order valence-corrected chi connectivity index (χ0v) is 16.4. The molecular formula is C22H20ClN3S. The van der Waals surface area contributed by atoms with E-state index in [0.29, 0.717) is 0 Å². The lowest BCUT2D eigenvalue weighted by molar-refractivity contribution is 0.734. The van der Waals surface area contributed by atoms with E-state index in [-0.39, 0.29) is 0 Å². The van der Waals surface area contributed by atoms with Gasteiger partial charge < -0.3 is 0 Å². The molecule has 1 fully saturated rings. The molecule has 0 atom stereocenters. The number of benzene rings is 2. The Hall–Kier alpha value is -2.43. The highest BCUT2D eigenvalue weighted by Gasteiger charge is 2.14. The first-order chi connectivity index (χ1) is 13.3. The number of allylic oxidation sites excluding steroid dienone is 1. The Morgan fingerprint density at radius 3 is 2.59 bits per heavy atom. The maximum absolute atomic E-state index is 5.96. The van der Waals surface area contributed by atoms with Crippen LogP contribution in [-0.2, 0) is 0 Å². The third kappa shape index (κ3) is 4.65. The van der Waals surface area contributed by atoms with Crippen LogP contribution in [0.1, 0.15) is 31.2 Å². The van der Waals surface area contributed by atoms with Gasteiger partial charge in [-0.15, -0.1) is 11.3 Å². The average molecular weight is 394 g/mol. The van der Waals surface area contributed by atoms with Gasteiger partial charge in [0.25, 0.3) is 0 Å². The summed E-state index contributed by atoms with van der Waals surface area (Å²) >= 11 is 7.52. The number of aromatic nitrogens is 1. The Morgan fingerprint density at radius 2 is 1.78 bits per heavy atom. The molecule has 1 aromatic heterocycles. The van der Waals surface area contributed by atoms with Crippen LogP contribution >= 0.6 is 22.9 Å². The molecule has 0 unspecified atom stereocenters. The summed E-state index contributed by atoms with van der Waals surface area (Å²) < 4.78 is 0. The third-order valence-corrected chi connectivity index (χ3v) is 5.55. The molecule has 1 aliphatic rings. The third-order valence-electron chi connectivity index (χ3n) is 4.55. The maximum Gasteiger partial charge on any atom is 0.203 e. The van der Waals surface area contributed by atoms with Crippen molar-refractivity contribution in [3.8, 4) is 11.3 Å². The molecule has 0 spiro atoms. The van der Waals surface area contributed by atoms with Crippen LogP contribution in [-0.4, -0.2) is 10.7 Å². The fraction of sp³-hybridized carbons (Fsp3) is 0.182. The molecule has 0 bridgehead atoms. The van der Waals surface area contributed by atoms with Crippen LogP contribution in [0.3, 0.4) is 0 Å². The number of anilines is 1. The molecule has 0 radical (unpaired) electrons. The molecule has 2 aromatic carbocycles. The van der Waals surface area contributed by atoms with Gasteiger partial charge in [-0.05, 0) is 55.0 Å². The van der Waals surface area contributed by atoms with Gasteiger partial charge in [-0.1, -0.05) is 54.1 Å². The molecule has 1 N–H and O–H groups in total. The van der Waals surface area contributed by atoms with E-state index in [2.05, 4.69) is 45.9 Å². The van der Waals surface area contributed by atoms with Crippen molar-refractivity contribution in [2.45, 2.75) is 25.7 Å². The van der Waals surface area contributed by atoms with Gasteiger partial charge in [0.1, 0.15) is 0 Å². The SMILES string of the molecule is Clc1ccc(-c2csc(N/N=C3\CCCC\C3=C/c3ccccc3)n2)cc1. The average Bonchev–Trinajstić information content (AvgIpc) is 3.18. The fourth-order valence-electron chi connectivity index (χ4n) is 3.14. The normalized spacial score (nSPS) is 17.4. The number of hydrogen-bond donors (Lipinski definition) is 1. The van der Waals surface area contributed by atoms with Gasteiger partial charge in [0, 0.05) is 16.0 Å². The molecule has 0 aliphatic heterocycles. The van der Waals surface area contributed by atoms with Crippen LogP contribution in [0.25, 0.3) is 17.3 Å². The van der Waals surface area contributed by atoms with Gasteiger partial charge in [0.15, 0.2) is 0 Å². The second-order valence-electron chi connectivity index (χ2n) is 6.50. The van der Waals surface area contributed by atoms with Crippen molar-refractivity contribution in [3.63, 3.8) is 0 Å². The molecule has 27 heavy (non-hydrogen) atoms. The summed E-state index contributed by atoms with van der Waals surface area (Å²) in [7, 11) is 0. The van der Waals surface area contributed by atoms with Crippen molar-refractivity contribution in [2.75, 3.05) is 5.43 Å². The van der Waals surface area contributed by atoms with Gasteiger partial charge in [-0.25, -0.2) is 4.98 Å². The first kappa shape index (κ1) is 18.0. The topological polar surface area (TPSA) is 37.3 Å². The first-order valence-corrected chi connectivity index (χ1v) is 10.3. The lowest BCUT2D eigenvalue weighted by Gasteiger charge is -2.16. The van der Waals surface area contributed by atoms with Crippen molar-refractivity contribution in [1.29, 1.82) is 0 Å². The minimum atomic E-state index is 0.730. The highest BCUT2D eigenvalue weighted by molar-refractivity contribution is 7.14. The smallest absolute Gasteiger partial charge is 0.203 e. The summed E-state index contributed by atoms with van der Waals surface area (Å²) in [4.78, 5) is 4.64. The Bertz CT molecular complexity index is 959. The van der Waals surface area contributed by atoms with Crippen LogP contribution in [0.5, 0.6) is 0 Å². The van der Waals surface area contributed by atoms with Crippen LogP contribution in [0, 0.1) is 0 Å². The van der Waals surface area contributed by atoms with E-state index in [1.807, 2.05) is 35.7 Å². The molecule has 4 rings (SSSR count). The predicted octanol–water partition coefficient (Wildman–Crippen LogP) is 6.89. The van der Waals surface area contributed by atoms with E-state index in [1.54, 1.807) is 11.3 Å². The molecule has 136 valence electrons. The first-order valence-electron chi connectivity index (χ1n) is 9.08. The Labute approximate surface area is 168 Å². The van der Waals surface area contributed by atoms with E-state index < -0.39 is 0 Å². The standard InChI is InChI=1S/C22H20ClN3S/c23-19-12-10-17(11-13-19)21-15-27-22(24-21)26-25-20-9-5-4-8-18(20)14-16-6-2-1-3-7-16/h1-3,6-7,10-15H,4-5,8-9H2,(H,24,26)/b18-14+,25-20+. The van der Waals surface area contributed by atoms with Crippen LogP contribution in [0.2, 0.25) is 5.02 Å². The second-order valence-corrected chi connectivity index (χ2v) is 7.80. The van der Waals surface area contributed by atoms with Crippen LogP contribution in [0.15, 0.2) is 70.7 Å². The molecule has 3 aromatic rings. The highest BCUT2D eigenvalue weighted by atomic mass is 35.5. The molecule has 1 aliphatic carbocycles. The fourth-order valence-corrected chi connectivity index (χ4v) is 3.93. The van der Waals surface area contributed by atoms with Gasteiger partial charge in [-0.2, -0.15) is 5.10 Å². The van der Waals surface area contributed by atoms with E-state index in [4.69, 9.17) is 11.6 Å². The number of thiazole rings is 1. The zero-order chi connectivity index (χ0) is 18.5. The Balaban J connectivity index is 1.51. The summed E-state index contributed by atoms with van der Waals surface area (Å²) in [6.45, 7) is 0. The summed E-state index contributed by atoms with van der Waals surface area (Å²) in [5.41, 5.74) is 8.82. The molecule has 0 amide bonds. The Kier molecular flexibility index (Phi) is 5.66. The number of hydrogen-bond acceptors (Lipinski definition) is 4. The van der Waals surface area contributed by atoms with Crippen molar-refractivity contribution in [1.82, 2.24) is 4.98 Å². The number of rotatable bonds is 4. The Morgan fingerprint density at radius 1 is 1.00 bits per heavy atom. The minimum absolute atomic E-state index is 0.730. The predicted molar refractivity (Wildman–Crippen MR) is 117 cm³/mol. The summed E-state index contributed by atoms with van der Waals surface area (Å²) in [6, 6.07) is 18.2. The highest BCUT2D eigenvalue weighted by Crippen LogP contribution is 2.27. The summed E-state index contributed by atoms with van der Waals surface area (Å²) in [5, 5.41) is 8.25. The number of nitrogens with zero attached hydrogens (tertiary/aromatic N) is 2. The van der Waals surface area contributed by atoms with Crippen molar-refractivity contribution >= 4 is 39.9 Å². The maximum atomic E-state index is 5.96. The van der Waals surface area contributed by atoms with E-state index in [9.17, 15) is 0 Å². The lowest BCUT2D eigenvalue weighted by atomic mass is 9.91. The second kappa shape index (κ2) is 8.51. The van der Waals surface area contributed by atoms with E-state index in [0.717, 1.165) is 40.0 Å². The molecule has 0 saturated heterocycles. The molecule has 1 heterocycles.